The van der Waals surface area contributed by atoms with Crippen molar-refractivity contribution in [1.82, 2.24) is 9.97 Å². The zero-order valence-electron chi connectivity index (χ0n) is 13.2. The molecule has 21 heavy (non-hydrogen) atoms. The Bertz CT molecular complexity index is 496. The number of nitrogens with one attached hydrogen (secondary N) is 1. The highest BCUT2D eigenvalue weighted by atomic mass is 16.5. The van der Waals surface area contributed by atoms with Crippen molar-refractivity contribution in [3.63, 3.8) is 0 Å². The van der Waals surface area contributed by atoms with Crippen molar-refractivity contribution in [1.29, 1.82) is 0 Å². The van der Waals surface area contributed by atoms with Crippen molar-refractivity contribution in [2.75, 3.05) is 18.5 Å². The predicted molar refractivity (Wildman–Crippen MR) is 82.2 cm³/mol. The first kappa shape index (κ1) is 15.7. The number of aromatic nitrogens is 2. The van der Waals surface area contributed by atoms with Crippen LogP contribution in [-0.4, -0.2) is 29.1 Å². The van der Waals surface area contributed by atoms with Crippen LogP contribution in [0.2, 0.25) is 0 Å². The quantitative estimate of drug-likeness (QED) is 0.816. The molecular weight excluding hydrogens is 266 g/mol. The number of ether oxygens (including phenoxy) is 1. The molecule has 116 valence electrons. The molecule has 1 heterocycles. The van der Waals surface area contributed by atoms with Gasteiger partial charge in [0.2, 0.25) is 0 Å². The van der Waals surface area contributed by atoms with Gasteiger partial charge in [-0.3, -0.25) is 4.79 Å². The Labute approximate surface area is 126 Å². The van der Waals surface area contributed by atoms with E-state index >= 15 is 0 Å². The largest absolute Gasteiger partial charge is 0.466 e. The second-order valence-electron chi connectivity index (χ2n) is 5.71. The predicted octanol–water partition coefficient (Wildman–Crippen LogP) is 2.88. The Morgan fingerprint density at radius 1 is 1.33 bits per heavy atom. The molecule has 0 radical (unpaired) electrons. The van der Waals surface area contributed by atoms with E-state index < -0.39 is 0 Å². The normalized spacial score (nSPS) is 16.7. The van der Waals surface area contributed by atoms with Crippen LogP contribution in [0.15, 0.2) is 6.07 Å². The zero-order valence-corrected chi connectivity index (χ0v) is 13.2. The lowest BCUT2D eigenvalue weighted by molar-refractivity contribution is -0.154. The number of hydrogen-bond acceptors (Lipinski definition) is 5. The number of carbonyl (C=O) groups excluding carboxylic acids is 1. The van der Waals surface area contributed by atoms with Crippen molar-refractivity contribution >= 4 is 11.8 Å². The molecule has 2 rings (SSSR count). The molecule has 1 fully saturated rings. The van der Waals surface area contributed by atoms with Gasteiger partial charge in [0, 0.05) is 18.3 Å². The van der Waals surface area contributed by atoms with Crippen molar-refractivity contribution in [2.45, 2.75) is 52.9 Å². The van der Waals surface area contributed by atoms with Crippen molar-refractivity contribution in [3.05, 3.63) is 17.6 Å². The van der Waals surface area contributed by atoms with Crippen LogP contribution < -0.4 is 5.32 Å². The summed E-state index contributed by atoms with van der Waals surface area (Å²) in [5.41, 5.74) is 0.628. The van der Waals surface area contributed by atoms with Gasteiger partial charge in [-0.05, 0) is 33.1 Å². The van der Waals surface area contributed by atoms with Crippen molar-refractivity contribution < 1.29 is 9.53 Å². The molecule has 0 unspecified atom stereocenters. The molecule has 0 aliphatic heterocycles. The van der Waals surface area contributed by atoms with Crippen LogP contribution in [0.4, 0.5) is 5.82 Å². The topological polar surface area (TPSA) is 64.1 Å². The highest BCUT2D eigenvalue weighted by Gasteiger charge is 2.42. The molecule has 1 aliphatic carbocycles. The second kappa shape index (κ2) is 6.87. The monoisotopic (exact) mass is 291 g/mol. The van der Waals surface area contributed by atoms with Gasteiger partial charge in [0.05, 0.1) is 12.0 Å². The van der Waals surface area contributed by atoms with E-state index in [4.69, 9.17) is 4.74 Å². The third-order valence-corrected chi connectivity index (χ3v) is 4.13. The van der Waals surface area contributed by atoms with Crippen LogP contribution >= 0.6 is 0 Å². The van der Waals surface area contributed by atoms with Crippen LogP contribution in [0, 0.1) is 12.3 Å². The van der Waals surface area contributed by atoms with E-state index in [1.807, 2.05) is 19.9 Å². The van der Waals surface area contributed by atoms with Gasteiger partial charge < -0.3 is 10.1 Å². The van der Waals surface area contributed by atoms with Gasteiger partial charge in [0.1, 0.15) is 11.6 Å². The average Bonchev–Trinajstić information content (AvgIpc) is 2.95. The highest BCUT2D eigenvalue weighted by molar-refractivity contribution is 5.78. The highest BCUT2D eigenvalue weighted by Crippen LogP contribution is 2.39. The molecule has 1 aromatic heterocycles. The fourth-order valence-electron chi connectivity index (χ4n) is 2.95. The number of carbonyl (C=O) groups is 1. The van der Waals surface area contributed by atoms with Crippen LogP contribution in [0.25, 0.3) is 0 Å². The van der Waals surface area contributed by atoms with E-state index in [1.165, 1.54) is 0 Å². The summed E-state index contributed by atoms with van der Waals surface area (Å²) < 4.78 is 5.27. The van der Waals surface area contributed by atoms with Gasteiger partial charge >= 0.3 is 5.97 Å². The Kier molecular flexibility index (Phi) is 5.15. The summed E-state index contributed by atoms with van der Waals surface area (Å²) in [6, 6.07) is 1.96. The van der Waals surface area contributed by atoms with E-state index in [9.17, 15) is 4.79 Å². The van der Waals surface area contributed by atoms with Gasteiger partial charge in [0.15, 0.2) is 0 Å². The molecule has 1 N–H and O–H groups in total. The number of esters is 1. The zero-order chi connectivity index (χ0) is 15.3. The van der Waals surface area contributed by atoms with E-state index in [1.54, 1.807) is 0 Å². The maximum atomic E-state index is 12.3. The summed E-state index contributed by atoms with van der Waals surface area (Å²) in [4.78, 5) is 21.1. The third kappa shape index (κ3) is 3.71. The molecule has 5 heteroatoms. The number of hydrogen-bond donors (Lipinski definition) is 1. The minimum atomic E-state index is -0.388. The van der Waals surface area contributed by atoms with Crippen LogP contribution in [0.5, 0.6) is 0 Å². The van der Waals surface area contributed by atoms with E-state index in [-0.39, 0.29) is 11.4 Å². The Morgan fingerprint density at radius 2 is 2.05 bits per heavy atom. The number of nitrogens with zero attached hydrogens (tertiary/aromatic N) is 2. The van der Waals surface area contributed by atoms with Crippen molar-refractivity contribution in [3.8, 4) is 0 Å². The molecule has 5 nitrogen and oxygen atoms in total. The summed E-state index contributed by atoms with van der Waals surface area (Å²) in [5, 5.41) is 3.33. The summed E-state index contributed by atoms with van der Waals surface area (Å²) in [5.74, 6) is 1.49. The van der Waals surface area contributed by atoms with Crippen LogP contribution in [0.3, 0.4) is 0 Å². The number of aryl methyl sites for hydroxylation is 2. The first-order chi connectivity index (χ1) is 10.1. The van der Waals surface area contributed by atoms with Crippen LogP contribution in [0.1, 0.15) is 51.0 Å². The summed E-state index contributed by atoms with van der Waals surface area (Å²) in [6.07, 6.45) is 4.83. The molecule has 0 bridgehead atoms. The van der Waals surface area contributed by atoms with Crippen molar-refractivity contribution in [2.24, 2.45) is 5.41 Å². The van der Waals surface area contributed by atoms with E-state index in [0.717, 1.165) is 49.4 Å². The maximum absolute atomic E-state index is 12.3. The second-order valence-corrected chi connectivity index (χ2v) is 5.71. The molecule has 1 aliphatic rings. The maximum Gasteiger partial charge on any atom is 0.313 e. The van der Waals surface area contributed by atoms with Gasteiger partial charge in [-0.1, -0.05) is 19.8 Å². The van der Waals surface area contributed by atoms with Gasteiger partial charge in [-0.15, -0.1) is 0 Å². The van der Waals surface area contributed by atoms with E-state index in [2.05, 4.69) is 22.2 Å². The molecule has 1 aromatic rings. The molecule has 0 atom stereocenters. The first-order valence-electron chi connectivity index (χ1n) is 7.85. The van der Waals surface area contributed by atoms with Gasteiger partial charge in [-0.2, -0.15) is 0 Å². The molecule has 0 amide bonds. The molecule has 0 aromatic carbocycles. The standard InChI is InChI=1S/C16H25N3O2/c1-4-13-10-14(19-12(3)18-13)17-11-16(8-6-7-9-16)15(20)21-5-2/h10H,4-9,11H2,1-3H3,(H,17,18,19). The minimum Gasteiger partial charge on any atom is -0.466 e. The lowest BCUT2D eigenvalue weighted by Crippen LogP contribution is -2.37. The van der Waals surface area contributed by atoms with Gasteiger partial charge in [0.25, 0.3) is 0 Å². The molecule has 0 spiro atoms. The number of anilines is 1. The van der Waals surface area contributed by atoms with E-state index in [0.29, 0.717) is 13.2 Å². The first-order valence-corrected chi connectivity index (χ1v) is 7.85. The third-order valence-electron chi connectivity index (χ3n) is 4.13. The summed E-state index contributed by atoms with van der Waals surface area (Å²) >= 11 is 0. The average molecular weight is 291 g/mol. The van der Waals surface area contributed by atoms with Gasteiger partial charge in [-0.25, -0.2) is 9.97 Å². The minimum absolute atomic E-state index is 0.0727. The smallest absolute Gasteiger partial charge is 0.313 e. The Balaban J connectivity index is 2.08. The fourth-order valence-corrected chi connectivity index (χ4v) is 2.95. The Morgan fingerprint density at radius 3 is 2.67 bits per heavy atom. The SMILES string of the molecule is CCOC(=O)C1(CNc2cc(CC)nc(C)n2)CCCC1. The lowest BCUT2D eigenvalue weighted by atomic mass is 9.86. The fraction of sp³-hybridized carbons (Fsp3) is 0.688. The van der Waals surface area contributed by atoms with Crippen LogP contribution in [-0.2, 0) is 16.0 Å². The molecule has 1 saturated carbocycles. The number of rotatable bonds is 6. The lowest BCUT2D eigenvalue weighted by Gasteiger charge is -2.27. The molecular formula is C16H25N3O2. The summed E-state index contributed by atoms with van der Waals surface area (Å²) in [7, 11) is 0. The molecule has 0 saturated heterocycles. The Hall–Kier alpha value is -1.65. The summed E-state index contributed by atoms with van der Waals surface area (Å²) in [6.45, 7) is 6.84.